The number of fused-ring (bicyclic) bond motifs is 2. The molecule has 2 aliphatic rings. The molecule has 19 heteroatoms. The van der Waals surface area contributed by atoms with Crippen molar-refractivity contribution >= 4 is 58.0 Å². The maximum absolute atomic E-state index is 14.2. The number of furan rings is 1. The number of rotatable bonds is 14. The number of piperidine rings is 1. The summed E-state index contributed by atoms with van der Waals surface area (Å²) >= 11 is 0. The first-order valence-corrected chi connectivity index (χ1v) is 17.4. The van der Waals surface area contributed by atoms with Gasteiger partial charge >= 0.3 is 12.2 Å². The van der Waals surface area contributed by atoms with Crippen LogP contribution in [-0.4, -0.2) is 69.8 Å². The number of imide groups is 2. The number of aryl methyl sites for hydroxylation is 1. The minimum Gasteiger partial charge on any atom is -0.455 e. The van der Waals surface area contributed by atoms with Crippen molar-refractivity contribution in [2.24, 2.45) is 0 Å². The lowest BCUT2D eigenvalue weighted by molar-refractivity contribution is -0.158. The third kappa shape index (κ3) is 8.49. The lowest BCUT2D eigenvalue weighted by Crippen LogP contribution is -2.54. The summed E-state index contributed by atoms with van der Waals surface area (Å²) in [5, 5.41) is 12.2. The Morgan fingerprint density at radius 3 is 2.36 bits per heavy atom. The third-order valence-corrected chi connectivity index (χ3v) is 9.19. The van der Waals surface area contributed by atoms with Gasteiger partial charge in [0.05, 0.1) is 29.2 Å². The Balaban J connectivity index is 0.899. The Hall–Kier alpha value is -6.14. The number of aromatic nitrogens is 2. The molecule has 0 saturated carbocycles. The Kier molecular flexibility index (Phi) is 11.3. The molecular weight excluding hydrogens is 735 g/mol. The van der Waals surface area contributed by atoms with Crippen LogP contribution >= 0.6 is 0 Å². The highest BCUT2D eigenvalue weighted by Gasteiger charge is 2.47. The fourth-order valence-corrected chi connectivity index (χ4v) is 6.48. The van der Waals surface area contributed by atoms with Gasteiger partial charge in [-0.1, -0.05) is 25.3 Å². The number of hydrogen-bond donors (Lipinski definition) is 5. The second-order valence-corrected chi connectivity index (χ2v) is 13.0. The number of halogens is 5. The molecule has 2 atom stereocenters. The normalized spacial score (nSPS) is 16.3. The van der Waals surface area contributed by atoms with E-state index >= 15 is 0 Å². The van der Waals surface area contributed by atoms with E-state index < -0.39 is 70.9 Å². The molecule has 0 spiro atoms. The molecule has 14 nitrogen and oxygen atoms in total. The van der Waals surface area contributed by atoms with Crippen molar-refractivity contribution in [2.75, 3.05) is 29.0 Å². The summed E-state index contributed by atoms with van der Waals surface area (Å²) in [5.41, 5.74) is 0.159. The first-order valence-electron chi connectivity index (χ1n) is 17.4. The van der Waals surface area contributed by atoms with Crippen molar-refractivity contribution in [2.45, 2.75) is 70.1 Å². The van der Waals surface area contributed by atoms with Gasteiger partial charge in [0.15, 0.2) is 17.4 Å². The number of unbranched alkanes of at least 4 members (excludes halogenated alkanes) is 4. The van der Waals surface area contributed by atoms with Crippen molar-refractivity contribution in [3.63, 3.8) is 0 Å². The Bertz CT molecular complexity index is 2140. The van der Waals surface area contributed by atoms with Gasteiger partial charge in [0.2, 0.25) is 17.8 Å². The van der Waals surface area contributed by atoms with E-state index in [4.69, 9.17) is 4.42 Å². The second kappa shape index (κ2) is 16.1. The number of carbonyl (C=O) groups is 5. The zero-order valence-corrected chi connectivity index (χ0v) is 29.2. The van der Waals surface area contributed by atoms with Crippen LogP contribution in [0, 0.1) is 18.6 Å². The van der Waals surface area contributed by atoms with Crippen molar-refractivity contribution in [1.29, 1.82) is 0 Å². The van der Waals surface area contributed by atoms with Gasteiger partial charge in [-0.3, -0.25) is 29.4 Å². The van der Waals surface area contributed by atoms with Crippen molar-refractivity contribution < 1.29 is 50.3 Å². The SMILES string of the molecule is Cc1c([C@@H](NC(=O)Nc2cnc(NCCCCCCCNc3cccc4c3C(=O)N(C3CCC(=O)NC3=O)C4=O)nc2)C(F)(F)F)oc2c(F)cc(F)cc12. The maximum atomic E-state index is 14.2. The molecule has 1 unspecified atom stereocenters. The maximum Gasteiger partial charge on any atom is 0.416 e. The molecule has 4 aromatic rings. The molecule has 2 aliphatic heterocycles. The van der Waals surface area contributed by atoms with Crippen LogP contribution in [0.3, 0.4) is 0 Å². The smallest absolute Gasteiger partial charge is 0.416 e. The van der Waals surface area contributed by atoms with Crippen LogP contribution in [0.15, 0.2) is 47.1 Å². The molecule has 0 bridgehead atoms. The van der Waals surface area contributed by atoms with Gasteiger partial charge in [-0.2, -0.15) is 13.2 Å². The Morgan fingerprint density at radius 1 is 0.982 bits per heavy atom. The van der Waals surface area contributed by atoms with E-state index in [-0.39, 0.29) is 46.6 Å². The largest absolute Gasteiger partial charge is 0.455 e. The summed E-state index contributed by atoms with van der Waals surface area (Å²) in [7, 11) is 0. The van der Waals surface area contributed by atoms with E-state index in [1.807, 2.05) is 0 Å². The monoisotopic (exact) mass is 770 g/mol. The second-order valence-electron chi connectivity index (χ2n) is 13.0. The van der Waals surface area contributed by atoms with Crippen LogP contribution in [0.5, 0.6) is 0 Å². The van der Waals surface area contributed by atoms with Crippen LogP contribution < -0.4 is 26.6 Å². The van der Waals surface area contributed by atoms with Crippen LogP contribution in [0.1, 0.15) is 83.0 Å². The molecule has 0 radical (unpaired) electrons. The molecule has 5 N–H and O–H groups in total. The summed E-state index contributed by atoms with van der Waals surface area (Å²) in [6.07, 6.45) is 1.67. The average molecular weight is 771 g/mol. The van der Waals surface area contributed by atoms with Gasteiger partial charge in [-0.05, 0) is 44.4 Å². The zero-order valence-electron chi connectivity index (χ0n) is 29.2. The minimum atomic E-state index is -5.04. The van der Waals surface area contributed by atoms with Gasteiger partial charge in [0, 0.05) is 42.2 Å². The van der Waals surface area contributed by atoms with Crippen LogP contribution in [0.4, 0.5) is 44.1 Å². The Morgan fingerprint density at radius 2 is 1.67 bits per heavy atom. The van der Waals surface area contributed by atoms with Crippen LogP contribution in [0.2, 0.25) is 0 Å². The van der Waals surface area contributed by atoms with E-state index in [9.17, 15) is 45.9 Å². The number of carbonyl (C=O) groups excluding carboxylic acids is 5. The zero-order chi connectivity index (χ0) is 39.4. The topological polar surface area (TPSA) is 188 Å². The lowest BCUT2D eigenvalue weighted by atomic mass is 10.0. The van der Waals surface area contributed by atoms with Crippen LogP contribution in [0.25, 0.3) is 11.0 Å². The molecule has 0 aliphatic carbocycles. The minimum absolute atomic E-state index is 0.00455. The quantitative estimate of drug-likeness (QED) is 0.0569. The molecule has 1 fully saturated rings. The van der Waals surface area contributed by atoms with Gasteiger partial charge in [0.1, 0.15) is 17.6 Å². The van der Waals surface area contributed by atoms with E-state index in [0.29, 0.717) is 24.8 Å². The number of nitrogens with zero attached hydrogens (tertiary/aromatic N) is 3. The summed E-state index contributed by atoms with van der Waals surface area (Å²) in [5.74, 6) is -4.98. The average Bonchev–Trinajstić information content (AvgIpc) is 3.59. The van der Waals surface area contributed by atoms with Gasteiger partial charge in [-0.15, -0.1) is 0 Å². The summed E-state index contributed by atoms with van der Waals surface area (Å²) in [6, 6.07) is 1.26. The molecule has 2 aromatic heterocycles. The highest BCUT2D eigenvalue weighted by Crippen LogP contribution is 2.39. The van der Waals surface area contributed by atoms with E-state index in [1.54, 1.807) is 17.4 Å². The number of hydrogen-bond acceptors (Lipinski definition) is 10. The van der Waals surface area contributed by atoms with Gasteiger partial charge in [-0.25, -0.2) is 23.5 Å². The number of urea groups is 1. The molecular formula is C36H35F5N8O6. The van der Waals surface area contributed by atoms with Crippen molar-refractivity contribution in [1.82, 2.24) is 25.5 Å². The van der Waals surface area contributed by atoms with E-state index in [2.05, 4.69) is 31.2 Å². The number of benzene rings is 2. The molecule has 1 saturated heterocycles. The lowest BCUT2D eigenvalue weighted by Gasteiger charge is -2.27. The highest BCUT2D eigenvalue weighted by atomic mass is 19.4. The van der Waals surface area contributed by atoms with E-state index in [1.165, 1.54) is 25.4 Å². The standard InChI is InChI=1S/C36H35F5N8O6/c1-18-22-14-19(37)15-23(38)29(22)55-28(18)30(36(39,40)41)48-35(54)46-20-16-44-34(45-17-20)43-13-6-4-2-3-5-12-42-24-9-7-8-21-27(24)33(53)49(32(21)52)25-10-11-26(50)47-31(25)51/h7-9,14-17,25,30,42H,2-6,10-13H2,1H3,(H,43,44,45)(H2,46,48,54)(H,47,50,51)/t25?,30-/m1/s1. The van der Waals surface area contributed by atoms with E-state index in [0.717, 1.165) is 43.1 Å². The van der Waals surface area contributed by atoms with Crippen molar-refractivity contribution in [3.05, 3.63) is 76.8 Å². The van der Waals surface area contributed by atoms with Crippen LogP contribution in [-0.2, 0) is 9.59 Å². The number of anilines is 3. The third-order valence-electron chi connectivity index (χ3n) is 9.19. The summed E-state index contributed by atoms with van der Waals surface area (Å²) in [4.78, 5) is 71.7. The van der Waals surface area contributed by atoms with Crippen molar-refractivity contribution in [3.8, 4) is 0 Å². The fourth-order valence-electron chi connectivity index (χ4n) is 6.48. The molecule has 55 heavy (non-hydrogen) atoms. The number of amides is 6. The highest BCUT2D eigenvalue weighted by molar-refractivity contribution is 6.25. The van der Waals surface area contributed by atoms with Gasteiger partial charge in [0.25, 0.3) is 11.8 Å². The molecule has 6 rings (SSSR count). The predicted octanol–water partition coefficient (Wildman–Crippen LogP) is 6.11. The first-order chi connectivity index (χ1) is 26.2. The molecule has 4 heterocycles. The van der Waals surface area contributed by atoms with Gasteiger partial charge < -0.3 is 25.7 Å². The number of nitrogens with one attached hydrogen (secondary N) is 5. The molecule has 6 amide bonds. The summed E-state index contributed by atoms with van der Waals surface area (Å²) in [6.45, 7) is 2.26. The molecule has 2 aromatic carbocycles. The first kappa shape index (κ1) is 38.6. The summed E-state index contributed by atoms with van der Waals surface area (Å²) < 4.78 is 74.8. The number of alkyl halides is 3. The Labute approximate surface area is 309 Å². The predicted molar refractivity (Wildman–Crippen MR) is 187 cm³/mol. The fraction of sp³-hybridized carbons (Fsp3) is 0.361. The molecule has 290 valence electrons.